The van der Waals surface area contributed by atoms with Crippen LogP contribution in [0.15, 0.2) is 42.5 Å². The number of hydrogen-bond acceptors (Lipinski definition) is 4. The van der Waals surface area contributed by atoms with Crippen LogP contribution in [0.1, 0.15) is 115 Å². The van der Waals surface area contributed by atoms with E-state index in [9.17, 15) is 15.0 Å². The molecule has 1 aromatic carbocycles. The lowest BCUT2D eigenvalue weighted by atomic mass is 9.32. The van der Waals surface area contributed by atoms with Gasteiger partial charge in [-0.05, 0) is 159 Å². The maximum absolute atomic E-state index is 11.5. The van der Waals surface area contributed by atoms with Gasteiger partial charge in [0, 0.05) is 13.1 Å². The van der Waals surface area contributed by atoms with Gasteiger partial charge in [0.2, 0.25) is 0 Å². The Morgan fingerprint density at radius 2 is 1.65 bits per heavy atom. The number of benzene rings is 1. The number of carbonyl (C=O) groups is 1. The van der Waals surface area contributed by atoms with E-state index in [1.54, 1.807) is 12.1 Å². The molecule has 10 unspecified atom stereocenters. The van der Waals surface area contributed by atoms with Gasteiger partial charge in [-0.15, -0.1) is 0 Å². The summed E-state index contributed by atoms with van der Waals surface area (Å²) >= 11 is 0. The van der Waals surface area contributed by atoms with Crippen LogP contribution >= 0.6 is 0 Å². The van der Waals surface area contributed by atoms with E-state index in [0.717, 1.165) is 13.0 Å². The summed E-state index contributed by atoms with van der Waals surface area (Å²) in [6.07, 6.45) is 13.3. The zero-order valence-electron chi connectivity index (χ0n) is 30.1. The summed E-state index contributed by atoms with van der Waals surface area (Å²) in [5, 5.41) is 23.9. The topological polar surface area (TPSA) is 72.8 Å². The summed E-state index contributed by atoms with van der Waals surface area (Å²) in [4.78, 5) is 13.6. The van der Waals surface area contributed by atoms with Gasteiger partial charge in [-0.25, -0.2) is 4.79 Å². The van der Waals surface area contributed by atoms with Crippen LogP contribution < -0.4 is 5.32 Å². The molecule has 0 radical (unpaired) electrons. The third-order valence-electron chi connectivity index (χ3n) is 15.5. The largest absolute Gasteiger partial charge is 0.478 e. The molecule has 0 aromatic heterocycles. The van der Waals surface area contributed by atoms with Crippen LogP contribution in [0.3, 0.4) is 0 Å². The monoisotopic (exact) mass is 630 g/mol. The minimum absolute atomic E-state index is 0.0219. The van der Waals surface area contributed by atoms with E-state index in [1.165, 1.54) is 68.1 Å². The van der Waals surface area contributed by atoms with Crippen molar-refractivity contribution in [1.82, 2.24) is 10.2 Å². The molecule has 0 saturated heterocycles. The van der Waals surface area contributed by atoms with Crippen molar-refractivity contribution in [3.05, 3.63) is 53.6 Å². The quantitative estimate of drug-likeness (QED) is 0.198. The lowest BCUT2D eigenvalue weighted by Crippen LogP contribution is -2.66. The Balaban J connectivity index is 1.31. The van der Waals surface area contributed by atoms with E-state index in [2.05, 4.69) is 64.4 Å². The SMILES string of the molecule is C=C(C)C1CCC2(CNC(O)CN(C)C)CCC3(C)C(CCC4C5(C)CC=C(c6ccc(C(=O)O)cc6)C(C)(C)C5CCC43C)C12. The van der Waals surface area contributed by atoms with Crippen molar-refractivity contribution < 1.29 is 15.0 Å². The lowest BCUT2D eigenvalue weighted by molar-refractivity contribution is -0.225. The molecule has 0 heterocycles. The molecule has 0 spiro atoms. The molecular weight excluding hydrogens is 568 g/mol. The van der Waals surface area contributed by atoms with Crippen molar-refractivity contribution in [2.24, 2.45) is 56.7 Å². The molecule has 0 bridgehead atoms. The summed E-state index contributed by atoms with van der Waals surface area (Å²) < 4.78 is 0. The summed E-state index contributed by atoms with van der Waals surface area (Å²) in [6.45, 7) is 21.4. The zero-order chi connectivity index (χ0) is 33.4. The first-order valence-electron chi connectivity index (χ1n) is 18.3. The Labute approximate surface area is 279 Å². The van der Waals surface area contributed by atoms with Crippen molar-refractivity contribution in [2.45, 2.75) is 106 Å². The summed E-state index contributed by atoms with van der Waals surface area (Å²) in [5.74, 6) is 2.32. The molecular formula is C41H62N2O3. The standard InChI is InChI=1S/C41H62N2O3/c1-26(2)29-16-21-41(25-42-34(44)24-43(8)9)23-22-39(6)31(35(29)41)14-15-33-38(5)19-17-30(27-10-12-28(13-11-27)36(45)46)37(3,4)32(38)18-20-40(33,39)7/h10-13,17,29,31-35,42,44H,1,14-16,18-25H2,2-9H3,(H,45,46). The highest BCUT2D eigenvalue weighted by molar-refractivity contribution is 5.88. The Kier molecular flexibility index (Phi) is 8.55. The number of likely N-dealkylation sites (N-methyl/N-ethyl adjacent to an activating group) is 1. The second kappa shape index (κ2) is 11.6. The summed E-state index contributed by atoms with van der Waals surface area (Å²) in [7, 11) is 4.06. The summed E-state index contributed by atoms with van der Waals surface area (Å²) in [5.41, 5.74) is 5.39. The Bertz CT molecular complexity index is 1380. The van der Waals surface area contributed by atoms with Gasteiger partial charge in [0.15, 0.2) is 0 Å². The van der Waals surface area contributed by atoms with Crippen molar-refractivity contribution in [3.8, 4) is 0 Å². The first-order chi connectivity index (χ1) is 21.5. The molecule has 1 aromatic rings. The molecule has 5 nitrogen and oxygen atoms in total. The number of rotatable bonds is 8. The van der Waals surface area contributed by atoms with Crippen LogP contribution in [-0.2, 0) is 0 Å². The van der Waals surface area contributed by atoms with Gasteiger partial charge >= 0.3 is 5.97 Å². The number of fused-ring (bicyclic) bond motifs is 7. The molecule has 6 rings (SSSR count). The van der Waals surface area contributed by atoms with Crippen LogP contribution in [0.4, 0.5) is 0 Å². The Hall–Kier alpha value is -1.95. The molecule has 4 saturated carbocycles. The normalized spacial score (nSPS) is 41.9. The minimum Gasteiger partial charge on any atom is -0.478 e. The van der Waals surface area contributed by atoms with Crippen molar-refractivity contribution in [3.63, 3.8) is 0 Å². The highest BCUT2D eigenvalue weighted by Crippen LogP contribution is 2.77. The second-order valence-electron chi connectivity index (χ2n) is 18.1. The highest BCUT2D eigenvalue weighted by Gasteiger charge is 2.70. The fourth-order valence-corrected chi connectivity index (χ4v) is 13.2. The maximum atomic E-state index is 11.5. The van der Waals surface area contributed by atoms with E-state index in [0.29, 0.717) is 47.1 Å². The predicted octanol–water partition coefficient (Wildman–Crippen LogP) is 8.51. The smallest absolute Gasteiger partial charge is 0.335 e. The van der Waals surface area contributed by atoms with Gasteiger partial charge in [0.1, 0.15) is 6.23 Å². The van der Waals surface area contributed by atoms with Crippen LogP contribution in [0.5, 0.6) is 0 Å². The van der Waals surface area contributed by atoms with Gasteiger partial charge in [0.25, 0.3) is 0 Å². The second-order valence-corrected chi connectivity index (χ2v) is 18.1. The predicted molar refractivity (Wildman–Crippen MR) is 188 cm³/mol. The average molecular weight is 631 g/mol. The van der Waals surface area contributed by atoms with E-state index < -0.39 is 12.2 Å². The molecule has 10 atom stereocenters. The summed E-state index contributed by atoms with van der Waals surface area (Å²) in [6, 6.07) is 7.60. The molecule has 46 heavy (non-hydrogen) atoms. The average Bonchev–Trinajstić information content (AvgIpc) is 3.36. The fourth-order valence-electron chi connectivity index (χ4n) is 13.2. The van der Waals surface area contributed by atoms with Crippen LogP contribution in [0.2, 0.25) is 0 Å². The third kappa shape index (κ3) is 5.00. The highest BCUT2D eigenvalue weighted by atomic mass is 16.4. The van der Waals surface area contributed by atoms with E-state index in [1.807, 2.05) is 26.2 Å². The molecule has 5 heteroatoms. The zero-order valence-corrected chi connectivity index (χ0v) is 30.1. The van der Waals surface area contributed by atoms with Gasteiger partial charge in [0.05, 0.1) is 5.56 Å². The Morgan fingerprint density at radius 3 is 2.28 bits per heavy atom. The molecule has 5 aliphatic rings. The van der Waals surface area contributed by atoms with Crippen LogP contribution in [-0.4, -0.2) is 54.5 Å². The maximum Gasteiger partial charge on any atom is 0.335 e. The molecule has 254 valence electrons. The first kappa shape index (κ1) is 33.9. The lowest BCUT2D eigenvalue weighted by Gasteiger charge is -2.72. The first-order valence-corrected chi connectivity index (χ1v) is 18.3. The third-order valence-corrected chi connectivity index (χ3v) is 15.5. The number of allylic oxidation sites excluding steroid dienone is 3. The molecule has 0 amide bonds. The fraction of sp³-hybridized carbons (Fsp3) is 0.732. The van der Waals surface area contributed by atoms with Crippen LogP contribution in [0, 0.1) is 56.7 Å². The van der Waals surface area contributed by atoms with E-state index in [4.69, 9.17) is 0 Å². The van der Waals surface area contributed by atoms with E-state index in [-0.39, 0.29) is 21.7 Å². The van der Waals surface area contributed by atoms with Crippen molar-refractivity contribution in [2.75, 3.05) is 27.2 Å². The van der Waals surface area contributed by atoms with Crippen molar-refractivity contribution in [1.29, 1.82) is 0 Å². The Morgan fingerprint density at radius 1 is 0.957 bits per heavy atom. The number of aromatic carboxylic acids is 1. The molecule has 5 aliphatic carbocycles. The van der Waals surface area contributed by atoms with Gasteiger partial charge < -0.3 is 15.1 Å². The number of carboxylic acids is 1. The molecule has 0 aliphatic heterocycles. The number of aliphatic hydroxyl groups excluding tert-OH is 1. The molecule has 3 N–H and O–H groups in total. The number of aliphatic hydroxyl groups is 1. The van der Waals surface area contributed by atoms with Gasteiger partial charge in [-0.2, -0.15) is 0 Å². The number of nitrogens with one attached hydrogen (secondary N) is 1. The number of hydrogen-bond donors (Lipinski definition) is 3. The van der Waals surface area contributed by atoms with Crippen molar-refractivity contribution >= 4 is 11.5 Å². The van der Waals surface area contributed by atoms with E-state index >= 15 is 0 Å². The van der Waals surface area contributed by atoms with Gasteiger partial charge in [-0.3, -0.25) is 5.32 Å². The van der Waals surface area contributed by atoms with Gasteiger partial charge in [-0.1, -0.05) is 65.0 Å². The number of nitrogens with zero attached hydrogens (tertiary/aromatic N) is 1. The molecule has 4 fully saturated rings. The number of carboxylic acid groups (broad SMARTS) is 1. The minimum atomic E-state index is -0.864. The van der Waals surface area contributed by atoms with Crippen LogP contribution in [0.25, 0.3) is 5.57 Å².